The van der Waals surface area contributed by atoms with Crippen LogP contribution in [0.25, 0.3) is 0 Å². The molecule has 0 spiro atoms. The zero-order chi connectivity index (χ0) is 12.0. The first-order chi connectivity index (χ1) is 6.79. The standard InChI is InChI=1S/C7H15N.3C2H6/c1-7-4-3-5-8(2)6-7;3*1-2/h7H,3-6H2,1-2H3;3*1-2H3. The molecule has 0 saturated carbocycles. The van der Waals surface area contributed by atoms with E-state index in [9.17, 15) is 0 Å². The first kappa shape index (κ1) is 19.5. The molecule has 90 valence electrons. The van der Waals surface area contributed by atoms with E-state index in [-0.39, 0.29) is 0 Å². The van der Waals surface area contributed by atoms with Crippen LogP contribution in [0.1, 0.15) is 61.3 Å². The molecule has 1 unspecified atom stereocenters. The zero-order valence-electron chi connectivity index (χ0n) is 11.9. The first-order valence-corrected chi connectivity index (χ1v) is 6.47. The van der Waals surface area contributed by atoms with E-state index in [4.69, 9.17) is 0 Å². The van der Waals surface area contributed by atoms with Gasteiger partial charge in [0, 0.05) is 6.54 Å². The van der Waals surface area contributed by atoms with Crippen molar-refractivity contribution < 1.29 is 0 Å². The molecule has 0 aromatic rings. The van der Waals surface area contributed by atoms with Gasteiger partial charge in [0.25, 0.3) is 0 Å². The summed E-state index contributed by atoms with van der Waals surface area (Å²) in [5.74, 6) is 0.939. The number of hydrogen-bond donors (Lipinski definition) is 0. The lowest BCUT2D eigenvalue weighted by atomic mass is 10.0. The van der Waals surface area contributed by atoms with Gasteiger partial charge in [0.05, 0.1) is 0 Å². The second-order valence-electron chi connectivity index (χ2n) is 3.01. The minimum Gasteiger partial charge on any atom is -0.306 e. The molecule has 1 atom stereocenters. The largest absolute Gasteiger partial charge is 0.306 e. The predicted molar refractivity (Wildman–Crippen MR) is 69.9 cm³/mol. The Morgan fingerprint density at radius 3 is 1.57 bits per heavy atom. The molecule has 0 aromatic carbocycles. The summed E-state index contributed by atoms with van der Waals surface area (Å²) >= 11 is 0. The molecular weight excluding hydrogens is 170 g/mol. The molecule has 1 nitrogen and oxygen atoms in total. The SMILES string of the molecule is CC.CC.CC.CC1CCCN(C)C1. The Labute approximate surface area is 92.9 Å². The van der Waals surface area contributed by atoms with Crippen molar-refractivity contribution >= 4 is 0 Å². The van der Waals surface area contributed by atoms with Crippen LogP contribution in [-0.2, 0) is 0 Å². The Kier molecular flexibility index (Phi) is 26.1. The van der Waals surface area contributed by atoms with E-state index in [1.54, 1.807) is 0 Å². The Balaban J connectivity index is -0.000000174. The number of likely N-dealkylation sites (tertiary alicyclic amines) is 1. The second kappa shape index (κ2) is 18.7. The lowest BCUT2D eigenvalue weighted by molar-refractivity contribution is 0.221. The summed E-state index contributed by atoms with van der Waals surface area (Å²) in [6.45, 7) is 16.9. The van der Waals surface area contributed by atoms with Gasteiger partial charge >= 0.3 is 0 Å². The zero-order valence-corrected chi connectivity index (χ0v) is 11.9. The summed E-state index contributed by atoms with van der Waals surface area (Å²) in [6.07, 6.45) is 2.84. The maximum atomic E-state index is 2.41. The third-order valence-corrected chi connectivity index (χ3v) is 1.86. The number of piperidine rings is 1. The van der Waals surface area contributed by atoms with E-state index in [2.05, 4.69) is 18.9 Å². The van der Waals surface area contributed by atoms with E-state index in [1.807, 2.05) is 41.5 Å². The lowest BCUT2D eigenvalue weighted by Gasteiger charge is -2.26. The van der Waals surface area contributed by atoms with Gasteiger partial charge in [0.1, 0.15) is 0 Å². The van der Waals surface area contributed by atoms with Crippen molar-refractivity contribution in [1.82, 2.24) is 4.90 Å². The van der Waals surface area contributed by atoms with Crippen LogP contribution in [0.4, 0.5) is 0 Å². The van der Waals surface area contributed by atoms with Crippen molar-refractivity contribution in [3.63, 3.8) is 0 Å². The summed E-state index contributed by atoms with van der Waals surface area (Å²) < 4.78 is 0. The fraction of sp³-hybridized carbons (Fsp3) is 1.00. The van der Waals surface area contributed by atoms with Gasteiger partial charge in [-0.25, -0.2) is 0 Å². The van der Waals surface area contributed by atoms with Crippen molar-refractivity contribution in [3.8, 4) is 0 Å². The molecule has 1 heteroatoms. The average molecular weight is 203 g/mol. The van der Waals surface area contributed by atoms with E-state index in [0.29, 0.717) is 0 Å². The Bertz CT molecular complexity index is 63.6. The van der Waals surface area contributed by atoms with Crippen molar-refractivity contribution in [2.75, 3.05) is 20.1 Å². The molecule has 1 heterocycles. The summed E-state index contributed by atoms with van der Waals surface area (Å²) in [4.78, 5) is 2.41. The van der Waals surface area contributed by atoms with Crippen LogP contribution in [0.2, 0.25) is 0 Å². The molecule has 0 bridgehead atoms. The summed E-state index contributed by atoms with van der Waals surface area (Å²) in [5, 5.41) is 0. The monoisotopic (exact) mass is 203 g/mol. The predicted octanol–water partition coefficient (Wildman–Crippen LogP) is 4.43. The van der Waals surface area contributed by atoms with Crippen LogP contribution in [0, 0.1) is 5.92 Å². The van der Waals surface area contributed by atoms with Crippen molar-refractivity contribution in [1.29, 1.82) is 0 Å². The number of nitrogens with zero attached hydrogens (tertiary/aromatic N) is 1. The maximum Gasteiger partial charge on any atom is 0.000398 e. The van der Waals surface area contributed by atoms with E-state index >= 15 is 0 Å². The van der Waals surface area contributed by atoms with Gasteiger partial charge in [-0.1, -0.05) is 48.5 Å². The fourth-order valence-electron chi connectivity index (χ4n) is 1.42. The topological polar surface area (TPSA) is 3.24 Å². The Hall–Kier alpha value is -0.0400. The van der Waals surface area contributed by atoms with Crippen molar-refractivity contribution in [2.45, 2.75) is 61.3 Å². The Morgan fingerprint density at radius 2 is 1.36 bits per heavy atom. The van der Waals surface area contributed by atoms with Crippen LogP contribution < -0.4 is 0 Å². The summed E-state index contributed by atoms with van der Waals surface area (Å²) in [7, 11) is 2.20. The highest BCUT2D eigenvalue weighted by atomic mass is 15.1. The Morgan fingerprint density at radius 1 is 0.929 bits per heavy atom. The highest BCUT2D eigenvalue weighted by Gasteiger charge is 2.11. The van der Waals surface area contributed by atoms with Gasteiger partial charge in [-0.05, 0) is 32.4 Å². The summed E-state index contributed by atoms with van der Waals surface area (Å²) in [5.41, 5.74) is 0. The molecule has 0 amide bonds. The fourth-order valence-corrected chi connectivity index (χ4v) is 1.42. The van der Waals surface area contributed by atoms with Crippen molar-refractivity contribution in [3.05, 3.63) is 0 Å². The van der Waals surface area contributed by atoms with Gasteiger partial charge in [-0.3, -0.25) is 0 Å². The van der Waals surface area contributed by atoms with Gasteiger partial charge < -0.3 is 4.90 Å². The molecular formula is C13H33N. The molecule has 0 aromatic heterocycles. The molecule has 1 fully saturated rings. The smallest absolute Gasteiger partial charge is 0.000398 e. The molecule has 0 aliphatic carbocycles. The highest BCUT2D eigenvalue weighted by molar-refractivity contribution is 4.65. The minimum atomic E-state index is 0.939. The highest BCUT2D eigenvalue weighted by Crippen LogP contribution is 2.12. The lowest BCUT2D eigenvalue weighted by Crippen LogP contribution is -2.30. The van der Waals surface area contributed by atoms with Crippen LogP contribution in [-0.4, -0.2) is 25.0 Å². The molecule has 1 aliphatic rings. The van der Waals surface area contributed by atoms with E-state index < -0.39 is 0 Å². The van der Waals surface area contributed by atoms with Crippen LogP contribution in [0.3, 0.4) is 0 Å². The van der Waals surface area contributed by atoms with Crippen LogP contribution in [0.15, 0.2) is 0 Å². The molecule has 0 radical (unpaired) electrons. The van der Waals surface area contributed by atoms with Crippen molar-refractivity contribution in [2.24, 2.45) is 5.92 Å². The number of hydrogen-bond acceptors (Lipinski definition) is 1. The second-order valence-corrected chi connectivity index (χ2v) is 3.01. The first-order valence-electron chi connectivity index (χ1n) is 6.47. The molecule has 1 saturated heterocycles. The molecule has 14 heavy (non-hydrogen) atoms. The average Bonchev–Trinajstić information content (AvgIpc) is 2.26. The maximum absolute atomic E-state index is 2.41. The number of rotatable bonds is 0. The molecule has 0 N–H and O–H groups in total. The quantitative estimate of drug-likeness (QED) is 0.563. The normalized spacial score (nSPS) is 20.1. The molecule has 1 rings (SSSR count). The summed E-state index contributed by atoms with van der Waals surface area (Å²) in [6, 6.07) is 0. The van der Waals surface area contributed by atoms with Gasteiger partial charge in [-0.2, -0.15) is 0 Å². The van der Waals surface area contributed by atoms with E-state index in [0.717, 1.165) is 5.92 Å². The minimum absolute atomic E-state index is 0.939. The van der Waals surface area contributed by atoms with E-state index in [1.165, 1.54) is 25.9 Å². The van der Waals surface area contributed by atoms with Gasteiger partial charge in [0.15, 0.2) is 0 Å². The molecule has 1 aliphatic heterocycles. The van der Waals surface area contributed by atoms with Gasteiger partial charge in [0.2, 0.25) is 0 Å². The van der Waals surface area contributed by atoms with Gasteiger partial charge in [-0.15, -0.1) is 0 Å². The van der Waals surface area contributed by atoms with Crippen LogP contribution in [0.5, 0.6) is 0 Å². The van der Waals surface area contributed by atoms with Crippen LogP contribution >= 0.6 is 0 Å². The third-order valence-electron chi connectivity index (χ3n) is 1.86. The third kappa shape index (κ3) is 14.5.